The average molecular weight is 905 g/mol. The number of hydrogen-bond acceptors (Lipinski definition) is 0. The summed E-state index contributed by atoms with van der Waals surface area (Å²) in [5.74, 6) is 0. The Morgan fingerprint density at radius 3 is 0.200 bits per heavy atom. The van der Waals surface area contributed by atoms with Crippen molar-refractivity contribution in [2.75, 3.05) is 0 Å². The topological polar surface area (TPSA) is 0 Å². The van der Waals surface area contributed by atoms with Gasteiger partial charge in [-0.1, -0.05) is 0 Å². The molecular weight excluding hydrogens is 905 g/mol. The third-order valence-electron chi connectivity index (χ3n) is 0. The normalized spacial score (nSPS) is 0. The molecule has 0 nitrogen and oxygen atoms in total. The van der Waals surface area contributed by atoms with Crippen LogP contribution in [0.3, 0.4) is 0 Å². The van der Waals surface area contributed by atoms with Crippen molar-refractivity contribution in [2.24, 2.45) is 0 Å². The summed E-state index contributed by atoms with van der Waals surface area (Å²) in [6, 6.07) is 0. The van der Waals surface area contributed by atoms with Crippen LogP contribution in [0.5, 0.6) is 0 Å². The van der Waals surface area contributed by atoms with Crippen LogP contribution in [0.15, 0.2) is 0 Å². The Morgan fingerprint density at radius 1 is 0.200 bits per heavy atom. The van der Waals surface area contributed by atoms with E-state index in [1.165, 1.54) is 0 Å². The summed E-state index contributed by atoms with van der Waals surface area (Å²) >= 11 is 0. The van der Waals surface area contributed by atoms with Gasteiger partial charge in [-0.2, -0.15) is 0 Å². The van der Waals surface area contributed by atoms with Crippen LogP contribution in [-0.4, -0.2) is 0 Å². The van der Waals surface area contributed by atoms with Gasteiger partial charge in [0.25, 0.3) is 0 Å². The van der Waals surface area contributed by atoms with E-state index in [4.69, 9.17) is 0 Å². The quantitative estimate of drug-likeness (QED) is 0.322. The molecule has 0 aliphatic rings. The fraction of sp³-hybridized carbons (Fsp3) is 0. The summed E-state index contributed by atoms with van der Waals surface area (Å²) in [4.78, 5) is 0. The molecule has 0 aliphatic carbocycles. The van der Waals surface area contributed by atoms with Gasteiger partial charge in [-0.15, -0.1) is 0 Å². The van der Waals surface area contributed by atoms with Crippen LogP contribution < -0.4 is 0 Å². The van der Waals surface area contributed by atoms with Crippen LogP contribution in [0, 0.1) is 0 Å². The maximum Gasteiger partial charge on any atom is 0 e. The average Bonchev–Trinajstić information content (AvgIpc) is 0. The van der Waals surface area contributed by atoms with E-state index in [1.54, 1.807) is 0 Å². The minimum absolute atomic E-state index is 0. The van der Waals surface area contributed by atoms with E-state index < -0.39 is 0 Å². The zero-order valence-corrected chi connectivity index (χ0v) is 18.3. The standard InChI is InChI=1S/5Ta. The zero-order chi connectivity index (χ0) is 0. The second kappa shape index (κ2) is 25.2. The Kier molecular flexibility index (Phi) is 190. The van der Waals surface area contributed by atoms with Gasteiger partial charge in [0.2, 0.25) is 0 Å². The minimum Gasteiger partial charge on any atom is 0 e. The fourth-order valence-electron chi connectivity index (χ4n) is 0. The summed E-state index contributed by atoms with van der Waals surface area (Å²) in [5, 5.41) is 0. The van der Waals surface area contributed by atoms with Crippen LogP contribution in [0.1, 0.15) is 0 Å². The molecule has 0 unspecified atom stereocenters. The maximum atomic E-state index is 0. The van der Waals surface area contributed by atoms with Crippen LogP contribution >= 0.6 is 0 Å². The summed E-state index contributed by atoms with van der Waals surface area (Å²) in [6.07, 6.45) is 0. The molecule has 0 amide bonds. The molecule has 5 radical (unpaired) electrons. The predicted molar refractivity (Wildman–Crippen MR) is 0 cm³/mol. The predicted octanol–water partition coefficient (Wildman–Crippen LogP) is -0.0125. The Hall–Kier alpha value is 3.70. The molecule has 0 N–H and O–H groups in total. The molecule has 25 valence electrons. The third-order valence-corrected chi connectivity index (χ3v) is 0. The molecule has 0 aromatic heterocycles. The molecule has 0 fully saturated rings. The molecule has 0 saturated carbocycles. The van der Waals surface area contributed by atoms with Crippen molar-refractivity contribution in [1.29, 1.82) is 0 Å². The first-order chi connectivity index (χ1) is 0. The van der Waals surface area contributed by atoms with Crippen molar-refractivity contribution in [2.45, 2.75) is 0 Å². The Balaban J connectivity index is 0. The van der Waals surface area contributed by atoms with E-state index in [-0.39, 0.29) is 112 Å². The van der Waals surface area contributed by atoms with Gasteiger partial charge in [0, 0.05) is 112 Å². The first-order valence-corrected chi connectivity index (χ1v) is 0. The van der Waals surface area contributed by atoms with Gasteiger partial charge in [0.05, 0.1) is 0 Å². The molecule has 0 saturated heterocycles. The Labute approximate surface area is 110 Å². The minimum atomic E-state index is 0. The van der Waals surface area contributed by atoms with E-state index >= 15 is 0 Å². The van der Waals surface area contributed by atoms with E-state index in [9.17, 15) is 0 Å². The third kappa shape index (κ3) is 18.3. The first kappa shape index (κ1) is 37.7. The molecule has 0 rings (SSSR count). The van der Waals surface area contributed by atoms with E-state index in [2.05, 4.69) is 0 Å². The molecule has 0 aliphatic heterocycles. The first-order valence-electron chi connectivity index (χ1n) is 0. The van der Waals surface area contributed by atoms with Crippen molar-refractivity contribution in [3.63, 3.8) is 0 Å². The summed E-state index contributed by atoms with van der Waals surface area (Å²) in [7, 11) is 0. The van der Waals surface area contributed by atoms with Crippen LogP contribution in [0.4, 0.5) is 0 Å². The molecular formula is Ta5. The van der Waals surface area contributed by atoms with Crippen LogP contribution in [0.2, 0.25) is 0 Å². The summed E-state index contributed by atoms with van der Waals surface area (Å²) < 4.78 is 0. The van der Waals surface area contributed by atoms with Gasteiger partial charge in [-0.25, -0.2) is 0 Å². The Morgan fingerprint density at radius 2 is 0.200 bits per heavy atom. The molecule has 0 aromatic carbocycles. The number of hydrogen-bond donors (Lipinski definition) is 0. The fourth-order valence-corrected chi connectivity index (χ4v) is 0. The van der Waals surface area contributed by atoms with E-state index in [1.807, 2.05) is 0 Å². The summed E-state index contributed by atoms with van der Waals surface area (Å²) in [5.41, 5.74) is 0. The SMILES string of the molecule is [Ta].[Ta].[Ta].[Ta].[Ta]. The van der Waals surface area contributed by atoms with Gasteiger partial charge >= 0.3 is 0 Å². The molecule has 0 aromatic rings. The monoisotopic (exact) mass is 905 g/mol. The van der Waals surface area contributed by atoms with Crippen molar-refractivity contribution in [3.05, 3.63) is 0 Å². The molecule has 0 heterocycles. The van der Waals surface area contributed by atoms with E-state index in [0.29, 0.717) is 0 Å². The molecule has 5 heteroatoms. The van der Waals surface area contributed by atoms with Crippen LogP contribution in [-0.2, 0) is 112 Å². The Bertz CT molecular complexity index is 0. The molecule has 5 heavy (non-hydrogen) atoms. The smallest absolute Gasteiger partial charge is 0 e. The second-order valence-electron chi connectivity index (χ2n) is 0. The van der Waals surface area contributed by atoms with Crippen LogP contribution in [0.25, 0.3) is 0 Å². The summed E-state index contributed by atoms with van der Waals surface area (Å²) in [6.45, 7) is 0. The second-order valence-corrected chi connectivity index (χ2v) is 0. The van der Waals surface area contributed by atoms with Crippen molar-refractivity contribution >= 4 is 0 Å². The van der Waals surface area contributed by atoms with Gasteiger partial charge < -0.3 is 0 Å². The van der Waals surface area contributed by atoms with Gasteiger partial charge in [0.15, 0.2) is 0 Å². The van der Waals surface area contributed by atoms with Gasteiger partial charge in [-0.05, 0) is 0 Å². The van der Waals surface area contributed by atoms with Crippen molar-refractivity contribution in [1.82, 2.24) is 0 Å². The van der Waals surface area contributed by atoms with Gasteiger partial charge in [0.1, 0.15) is 0 Å². The largest absolute Gasteiger partial charge is 0 e. The molecule has 0 spiro atoms. The zero-order valence-electron chi connectivity index (χ0n) is 2.24. The number of rotatable bonds is 0. The molecule has 0 bridgehead atoms. The van der Waals surface area contributed by atoms with Gasteiger partial charge in [-0.3, -0.25) is 0 Å². The molecule has 0 atom stereocenters. The maximum absolute atomic E-state index is 0. The van der Waals surface area contributed by atoms with Crippen molar-refractivity contribution in [3.8, 4) is 0 Å². The van der Waals surface area contributed by atoms with Crippen molar-refractivity contribution < 1.29 is 112 Å². The van der Waals surface area contributed by atoms with E-state index in [0.717, 1.165) is 0 Å².